The molecule has 0 spiro atoms. The van der Waals surface area contributed by atoms with Gasteiger partial charge in [-0.3, -0.25) is 4.79 Å². The largest absolute Gasteiger partial charge is 0.461 e. The van der Waals surface area contributed by atoms with Crippen LogP contribution in [0.1, 0.15) is 129 Å². The second-order valence-electron chi connectivity index (χ2n) is 9.34. The van der Waals surface area contributed by atoms with Gasteiger partial charge < -0.3 is 9.84 Å². The van der Waals surface area contributed by atoms with Crippen molar-refractivity contribution >= 4 is 5.97 Å². The Morgan fingerprint density at radius 1 is 0.806 bits per heavy atom. The summed E-state index contributed by atoms with van der Waals surface area (Å²) in [6, 6.07) is 0. The van der Waals surface area contributed by atoms with Gasteiger partial charge in [0.1, 0.15) is 6.10 Å². The fourth-order valence-electron chi connectivity index (χ4n) is 4.28. The van der Waals surface area contributed by atoms with Crippen LogP contribution >= 0.6 is 0 Å². The Kier molecular flexibility index (Phi) is 17.7. The van der Waals surface area contributed by atoms with Gasteiger partial charge in [-0.05, 0) is 44.9 Å². The van der Waals surface area contributed by atoms with Gasteiger partial charge in [0, 0.05) is 6.42 Å². The molecule has 31 heavy (non-hydrogen) atoms. The molecule has 0 bridgehead atoms. The van der Waals surface area contributed by atoms with Crippen LogP contribution in [-0.4, -0.2) is 23.3 Å². The van der Waals surface area contributed by atoms with Gasteiger partial charge in [-0.15, -0.1) is 0 Å². The average molecular weight is 435 g/mol. The van der Waals surface area contributed by atoms with Crippen LogP contribution in [0.3, 0.4) is 0 Å². The zero-order chi connectivity index (χ0) is 22.6. The maximum Gasteiger partial charge on any atom is 0.313 e. The second-order valence-corrected chi connectivity index (χ2v) is 9.34. The third-order valence-electron chi connectivity index (χ3n) is 6.38. The van der Waals surface area contributed by atoms with Gasteiger partial charge in [0.05, 0.1) is 12.0 Å². The molecule has 1 aliphatic heterocycles. The standard InChI is InChI=1S/C28H50O3/c1-3-5-7-9-10-11-12-13-14-15-16-17-18-19-20-22-25(29)24-27-26(28(30)31-27)23-21-8-6-4-2/h10-11,13-14,25-27,29H,3-9,12,15-24H2,1-2H3/t25?,26-,27+/m1/s1. The highest BCUT2D eigenvalue weighted by molar-refractivity contribution is 5.78. The van der Waals surface area contributed by atoms with E-state index in [1.807, 2.05) is 0 Å². The summed E-state index contributed by atoms with van der Waals surface area (Å²) >= 11 is 0. The van der Waals surface area contributed by atoms with Gasteiger partial charge in [0.2, 0.25) is 0 Å². The van der Waals surface area contributed by atoms with E-state index in [9.17, 15) is 9.90 Å². The third kappa shape index (κ3) is 14.6. The topological polar surface area (TPSA) is 46.5 Å². The van der Waals surface area contributed by atoms with Crippen LogP contribution in [0.5, 0.6) is 0 Å². The highest BCUT2D eigenvalue weighted by Gasteiger charge is 2.42. The highest BCUT2D eigenvalue weighted by Crippen LogP contribution is 2.31. The number of aliphatic hydroxyl groups excluding tert-OH is 1. The quantitative estimate of drug-likeness (QED) is 0.113. The molecule has 0 radical (unpaired) electrons. The smallest absolute Gasteiger partial charge is 0.313 e. The van der Waals surface area contributed by atoms with Crippen molar-refractivity contribution in [1.82, 2.24) is 0 Å². The van der Waals surface area contributed by atoms with Crippen LogP contribution in [-0.2, 0) is 9.53 Å². The number of aliphatic hydroxyl groups is 1. The molecule has 3 nitrogen and oxygen atoms in total. The van der Waals surface area contributed by atoms with E-state index in [4.69, 9.17) is 4.74 Å². The number of allylic oxidation sites excluding steroid dienone is 4. The van der Waals surface area contributed by atoms with E-state index in [1.54, 1.807) is 0 Å². The Balaban J connectivity index is 1.92. The molecule has 1 saturated heterocycles. The van der Waals surface area contributed by atoms with Gasteiger partial charge in [-0.1, -0.05) is 102 Å². The Morgan fingerprint density at radius 3 is 2.06 bits per heavy atom. The Bertz CT molecular complexity index is 483. The molecule has 3 heteroatoms. The first-order chi connectivity index (χ1) is 15.2. The maximum absolute atomic E-state index is 11.7. The van der Waals surface area contributed by atoms with Crippen LogP contribution in [0.2, 0.25) is 0 Å². The maximum atomic E-state index is 11.7. The van der Waals surface area contributed by atoms with E-state index >= 15 is 0 Å². The first-order valence-electron chi connectivity index (χ1n) is 13.4. The van der Waals surface area contributed by atoms with Crippen LogP contribution < -0.4 is 0 Å². The first-order valence-corrected chi connectivity index (χ1v) is 13.4. The van der Waals surface area contributed by atoms with E-state index < -0.39 is 0 Å². The van der Waals surface area contributed by atoms with E-state index in [-0.39, 0.29) is 24.1 Å². The number of carbonyl (C=O) groups excluding carboxylic acids is 1. The SMILES string of the molecule is CCCCCC=CCC=CCCCCCCCC(O)C[C@@H]1OC(=O)[C@@H]1CCCCCC. The minimum atomic E-state index is -0.325. The summed E-state index contributed by atoms with van der Waals surface area (Å²) in [5.74, 6) is -0.0122. The van der Waals surface area contributed by atoms with E-state index in [0.717, 1.165) is 32.1 Å². The zero-order valence-electron chi connectivity index (χ0n) is 20.5. The molecule has 0 aromatic carbocycles. The lowest BCUT2D eigenvalue weighted by Gasteiger charge is -2.36. The number of hydrogen-bond donors (Lipinski definition) is 1. The third-order valence-corrected chi connectivity index (χ3v) is 6.38. The Hall–Kier alpha value is -1.09. The lowest BCUT2D eigenvalue weighted by atomic mass is 9.86. The molecular formula is C28H50O3. The van der Waals surface area contributed by atoms with Crippen molar-refractivity contribution in [3.63, 3.8) is 0 Å². The molecule has 1 heterocycles. The number of cyclic esters (lactones) is 1. The molecule has 180 valence electrons. The number of hydrogen-bond acceptors (Lipinski definition) is 3. The normalized spacial score (nSPS) is 19.8. The second kappa shape index (κ2) is 19.6. The first kappa shape index (κ1) is 27.9. The summed E-state index contributed by atoms with van der Waals surface area (Å²) in [6.07, 6.45) is 29.5. The monoisotopic (exact) mass is 434 g/mol. The van der Waals surface area contributed by atoms with Crippen LogP contribution in [0, 0.1) is 5.92 Å². The van der Waals surface area contributed by atoms with Crippen molar-refractivity contribution in [2.45, 2.75) is 142 Å². The molecular weight excluding hydrogens is 384 g/mol. The number of carbonyl (C=O) groups is 1. The molecule has 1 rings (SSSR count). The van der Waals surface area contributed by atoms with Gasteiger partial charge in [0.15, 0.2) is 0 Å². The molecule has 0 amide bonds. The van der Waals surface area contributed by atoms with Crippen LogP contribution in [0.15, 0.2) is 24.3 Å². The number of unbranched alkanes of at least 4 members (excludes halogenated alkanes) is 11. The molecule has 1 N–H and O–H groups in total. The average Bonchev–Trinajstić information content (AvgIpc) is 2.76. The molecule has 1 fully saturated rings. The minimum absolute atomic E-state index is 0.0381. The Morgan fingerprint density at radius 2 is 1.39 bits per heavy atom. The van der Waals surface area contributed by atoms with Gasteiger partial charge in [-0.2, -0.15) is 0 Å². The van der Waals surface area contributed by atoms with Crippen molar-refractivity contribution in [1.29, 1.82) is 0 Å². The van der Waals surface area contributed by atoms with Crippen molar-refractivity contribution in [2.75, 3.05) is 0 Å². The van der Waals surface area contributed by atoms with Crippen molar-refractivity contribution in [3.05, 3.63) is 24.3 Å². The minimum Gasteiger partial charge on any atom is -0.461 e. The number of ether oxygens (including phenoxy) is 1. The van der Waals surface area contributed by atoms with Crippen molar-refractivity contribution in [3.8, 4) is 0 Å². The molecule has 0 aromatic heterocycles. The molecule has 1 unspecified atom stereocenters. The predicted molar refractivity (Wildman–Crippen MR) is 132 cm³/mol. The molecule has 0 aliphatic carbocycles. The Labute approximate surface area is 192 Å². The summed E-state index contributed by atoms with van der Waals surface area (Å²) in [5, 5.41) is 10.3. The number of esters is 1. The molecule has 0 saturated carbocycles. The van der Waals surface area contributed by atoms with Gasteiger partial charge >= 0.3 is 5.97 Å². The highest BCUT2D eigenvalue weighted by atomic mass is 16.6. The summed E-state index contributed by atoms with van der Waals surface area (Å²) < 4.78 is 5.30. The summed E-state index contributed by atoms with van der Waals surface area (Å²) in [4.78, 5) is 11.7. The van der Waals surface area contributed by atoms with Crippen LogP contribution in [0.25, 0.3) is 0 Å². The van der Waals surface area contributed by atoms with Crippen LogP contribution in [0.4, 0.5) is 0 Å². The van der Waals surface area contributed by atoms with Crippen molar-refractivity contribution in [2.24, 2.45) is 5.92 Å². The van der Waals surface area contributed by atoms with Crippen molar-refractivity contribution < 1.29 is 14.6 Å². The van der Waals surface area contributed by atoms with Gasteiger partial charge in [0.25, 0.3) is 0 Å². The van der Waals surface area contributed by atoms with E-state index in [1.165, 1.54) is 77.0 Å². The summed E-state index contributed by atoms with van der Waals surface area (Å²) in [5.41, 5.74) is 0. The summed E-state index contributed by atoms with van der Waals surface area (Å²) in [6.45, 7) is 4.44. The fraction of sp³-hybridized carbons (Fsp3) is 0.821. The zero-order valence-corrected chi connectivity index (χ0v) is 20.5. The summed E-state index contributed by atoms with van der Waals surface area (Å²) in [7, 11) is 0. The molecule has 1 aliphatic rings. The van der Waals surface area contributed by atoms with E-state index in [0.29, 0.717) is 6.42 Å². The number of rotatable bonds is 21. The predicted octanol–water partition coefficient (Wildman–Crippen LogP) is 8.06. The molecule has 3 atom stereocenters. The van der Waals surface area contributed by atoms with Gasteiger partial charge in [-0.25, -0.2) is 0 Å². The molecule has 0 aromatic rings. The lowest BCUT2D eigenvalue weighted by molar-refractivity contribution is -0.188. The lowest BCUT2D eigenvalue weighted by Crippen LogP contribution is -2.46. The fourth-order valence-corrected chi connectivity index (χ4v) is 4.28. The van der Waals surface area contributed by atoms with E-state index in [2.05, 4.69) is 38.2 Å².